The number of nitrogens with zero attached hydrogens (tertiary/aromatic N) is 1. The molecule has 0 aliphatic heterocycles. The van der Waals surface area contributed by atoms with Gasteiger partial charge in [0.2, 0.25) is 0 Å². The highest BCUT2D eigenvalue weighted by Gasteiger charge is 2.12. The van der Waals surface area contributed by atoms with Gasteiger partial charge < -0.3 is 9.64 Å². The monoisotopic (exact) mass is 503 g/mol. The van der Waals surface area contributed by atoms with Gasteiger partial charge in [0, 0.05) is 5.57 Å². The number of hydrogen-bond donors (Lipinski definition) is 0. The van der Waals surface area contributed by atoms with Gasteiger partial charge in [0.05, 0.1) is 11.6 Å². The van der Waals surface area contributed by atoms with Gasteiger partial charge in [-0.25, -0.2) is 0 Å². The Morgan fingerprint density at radius 2 is 1.11 bits per heavy atom. The van der Waals surface area contributed by atoms with Crippen LogP contribution < -0.4 is 4.74 Å². The highest BCUT2D eigenvalue weighted by molar-refractivity contribution is 6.53. The lowest BCUT2D eigenvalue weighted by molar-refractivity contribution is 0.293. The van der Waals surface area contributed by atoms with E-state index in [0.29, 0.717) is 0 Å². The van der Waals surface area contributed by atoms with Crippen LogP contribution in [0.3, 0.4) is 0 Å². The number of halogens is 1. The molecule has 0 bridgehead atoms. The van der Waals surface area contributed by atoms with Crippen LogP contribution in [0.5, 0.6) is 5.75 Å². The first kappa shape index (κ1) is 28.0. The van der Waals surface area contributed by atoms with Crippen LogP contribution in [0, 0.1) is 0 Å². The highest BCUT2D eigenvalue weighted by atomic mass is 35.5. The molecular weight excluding hydrogens is 462 g/mol. The van der Waals surface area contributed by atoms with Gasteiger partial charge >= 0.3 is 0 Å². The molecule has 3 aromatic rings. The fourth-order valence-corrected chi connectivity index (χ4v) is 4.87. The van der Waals surface area contributed by atoms with E-state index >= 15 is 0 Å². The summed E-state index contributed by atoms with van der Waals surface area (Å²) in [4.78, 5) is 2.51. The summed E-state index contributed by atoms with van der Waals surface area (Å²) in [5, 5.41) is 0.753. The van der Waals surface area contributed by atoms with E-state index in [2.05, 4.69) is 67.3 Å². The molecule has 0 saturated heterocycles. The Labute approximate surface area is 224 Å². The molecular formula is C33H42ClNO. The molecule has 0 heterocycles. The van der Waals surface area contributed by atoms with Crippen molar-refractivity contribution >= 4 is 22.2 Å². The molecule has 0 unspecified atom stereocenters. The topological polar surface area (TPSA) is 12.5 Å². The summed E-state index contributed by atoms with van der Waals surface area (Å²) in [6, 6.07) is 28.8. The largest absolute Gasteiger partial charge is 0.494 e. The van der Waals surface area contributed by atoms with Gasteiger partial charge in [-0.2, -0.15) is 0 Å². The Morgan fingerprint density at radius 3 is 1.69 bits per heavy atom. The van der Waals surface area contributed by atoms with Crippen molar-refractivity contribution in [3.05, 3.63) is 102 Å². The fourth-order valence-electron chi connectivity index (χ4n) is 4.52. The zero-order chi connectivity index (χ0) is 25.4. The van der Waals surface area contributed by atoms with E-state index in [1.807, 2.05) is 36.4 Å². The standard InChI is InChI=1S/C33H42ClNO/c1-3-35(4-2)26-16-8-6-5-7-9-17-27-36-31-24-22-29(23-25-31)32(28-18-12-10-13-19-28)33(34)30-20-14-11-15-21-30/h10-15,18-25H,3-9,16-17,26-27H2,1-2H3/b33-32+. The lowest BCUT2D eigenvalue weighted by Gasteiger charge is -2.17. The van der Waals surface area contributed by atoms with Crippen molar-refractivity contribution in [2.45, 2.75) is 58.8 Å². The van der Waals surface area contributed by atoms with Crippen molar-refractivity contribution in [2.75, 3.05) is 26.2 Å². The van der Waals surface area contributed by atoms with Crippen LogP contribution in [0.15, 0.2) is 84.9 Å². The Balaban J connectivity index is 1.46. The maximum atomic E-state index is 6.93. The average Bonchev–Trinajstić information content (AvgIpc) is 2.94. The Hall–Kier alpha value is -2.55. The molecule has 36 heavy (non-hydrogen) atoms. The average molecular weight is 504 g/mol. The molecule has 0 saturated carbocycles. The maximum Gasteiger partial charge on any atom is 0.119 e. The molecule has 192 valence electrons. The van der Waals surface area contributed by atoms with Crippen LogP contribution in [0.1, 0.15) is 75.5 Å². The first-order valence-corrected chi connectivity index (χ1v) is 14.1. The summed E-state index contributed by atoms with van der Waals surface area (Å²) in [6.07, 6.45) is 9.02. The van der Waals surface area contributed by atoms with E-state index in [0.717, 1.165) is 46.1 Å². The van der Waals surface area contributed by atoms with Crippen LogP contribution in [-0.4, -0.2) is 31.1 Å². The maximum absolute atomic E-state index is 6.93. The Kier molecular flexibility index (Phi) is 12.6. The third kappa shape index (κ3) is 9.15. The van der Waals surface area contributed by atoms with Crippen molar-refractivity contribution in [2.24, 2.45) is 0 Å². The highest BCUT2D eigenvalue weighted by Crippen LogP contribution is 2.35. The van der Waals surface area contributed by atoms with Crippen LogP contribution in [0.25, 0.3) is 10.6 Å². The molecule has 0 aliphatic rings. The van der Waals surface area contributed by atoms with E-state index in [4.69, 9.17) is 16.3 Å². The number of benzene rings is 3. The Bertz CT molecular complexity index is 1010. The zero-order valence-electron chi connectivity index (χ0n) is 22.1. The van der Waals surface area contributed by atoms with Crippen molar-refractivity contribution in [3.63, 3.8) is 0 Å². The second-order valence-electron chi connectivity index (χ2n) is 9.30. The van der Waals surface area contributed by atoms with Crippen LogP contribution in [0.4, 0.5) is 0 Å². The molecule has 3 heteroatoms. The molecule has 0 radical (unpaired) electrons. The van der Waals surface area contributed by atoms with Crippen molar-refractivity contribution in [1.82, 2.24) is 4.90 Å². The summed E-state index contributed by atoms with van der Waals surface area (Å²) in [5.74, 6) is 0.915. The van der Waals surface area contributed by atoms with E-state index in [1.54, 1.807) is 0 Å². The van der Waals surface area contributed by atoms with E-state index in [1.165, 1.54) is 58.2 Å². The lowest BCUT2D eigenvalue weighted by Crippen LogP contribution is -2.23. The first-order valence-electron chi connectivity index (χ1n) is 13.7. The van der Waals surface area contributed by atoms with Gasteiger partial charge in [-0.3, -0.25) is 0 Å². The van der Waals surface area contributed by atoms with Gasteiger partial charge in [-0.1, -0.05) is 130 Å². The predicted octanol–water partition coefficient (Wildman–Crippen LogP) is 9.29. The van der Waals surface area contributed by atoms with Crippen molar-refractivity contribution in [3.8, 4) is 5.75 Å². The van der Waals surface area contributed by atoms with Gasteiger partial charge in [0.25, 0.3) is 0 Å². The lowest BCUT2D eigenvalue weighted by atomic mass is 9.95. The minimum atomic E-state index is 0.753. The number of unbranched alkanes of at least 4 members (excludes halogenated alkanes) is 6. The van der Waals surface area contributed by atoms with E-state index in [-0.39, 0.29) is 0 Å². The van der Waals surface area contributed by atoms with Gasteiger partial charge in [0.15, 0.2) is 0 Å². The summed E-state index contributed by atoms with van der Waals surface area (Å²) in [7, 11) is 0. The molecule has 3 rings (SSSR count). The Morgan fingerprint density at radius 1 is 0.611 bits per heavy atom. The summed E-state index contributed by atoms with van der Waals surface area (Å²) in [6.45, 7) is 8.87. The minimum absolute atomic E-state index is 0.753. The summed E-state index contributed by atoms with van der Waals surface area (Å²) < 4.78 is 6.03. The van der Waals surface area contributed by atoms with Gasteiger partial charge in [0.1, 0.15) is 5.75 Å². The molecule has 0 amide bonds. The van der Waals surface area contributed by atoms with E-state index in [9.17, 15) is 0 Å². The summed E-state index contributed by atoms with van der Waals surface area (Å²) in [5.41, 5.74) is 4.24. The van der Waals surface area contributed by atoms with Crippen molar-refractivity contribution < 1.29 is 4.74 Å². The summed E-state index contributed by atoms with van der Waals surface area (Å²) >= 11 is 6.93. The molecule has 0 fully saturated rings. The minimum Gasteiger partial charge on any atom is -0.494 e. The van der Waals surface area contributed by atoms with Gasteiger partial charge in [-0.15, -0.1) is 0 Å². The third-order valence-electron chi connectivity index (χ3n) is 6.73. The second-order valence-corrected chi connectivity index (χ2v) is 9.67. The molecule has 0 N–H and O–H groups in total. The number of ether oxygens (including phenoxy) is 1. The molecule has 3 aromatic carbocycles. The smallest absolute Gasteiger partial charge is 0.119 e. The number of rotatable bonds is 16. The second kappa shape index (κ2) is 16.2. The fraction of sp³-hybridized carbons (Fsp3) is 0.394. The van der Waals surface area contributed by atoms with Crippen LogP contribution in [0.2, 0.25) is 0 Å². The SMILES string of the molecule is CCN(CC)CCCCCCCCCOc1ccc(/C(=C(/Cl)c2ccccc2)c2ccccc2)cc1. The van der Waals surface area contributed by atoms with Gasteiger partial charge in [-0.05, 0) is 61.3 Å². The molecule has 0 aliphatic carbocycles. The van der Waals surface area contributed by atoms with Crippen molar-refractivity contribution in [1.29, 1.82) is 0 Å². The molecule has 0 aromatic heterocycles. The third-order valence-corrected chi connectivity index (χ3v) is 7.14. The molecule has 0 atom stereocenters. The molecule has 0 spiro atoms. The van der Waals surface area contributed by atoms with Crippen LogP contribution in [-0.2, 0) is 0 Å². The number of hydrogen-bond acceptors (Lipinski definition) is 2. The quantitative estimate of drug-likeness (QED) is 0.142. The van der Waals surface area contributed by atoms with E-state index < -0.39 is 0 Å². The predicted molar refractivity (Wildman–Crippen MR) is 157 cm³/mol. The zero-order valence-corrected chi connectivity index (χ0v) is 22.9. The van der Waals surface area contributed by atoms with Crippen LogP contribution >= 0.6 is 11.6 Å². The first-order chi connectivity index (χ1) is 17.7. The molecule has 2 nitrogen and oxygen atoms in total. The normalized spacial score (nSPS) is 12.0.